The lowest BCUT2D eigenvalue weighted by molar-refractivity contribution is 0.415. The predicted molar refractivity (Wildman–Crippen MR) is 105 cm³/mol. The van der Waals surface area contributed by atoms with E-state index in [9.17, 15) is 0 Å². The van der Waals surface area contributed by atoms with Gasteiger partial charge in [0.25, 0.3) is 5.95 Å². The van der Waals surface area contributed by atoms with Crippen LogP contribution < -0.4 is 10.2 Å². The third-order valence-electron chi connectivity index (χ3n) is 4.41. The highest BCUT2D eigenvalue weighted by atomic mass is 16.5. The first-order valence-electron chi connectivity index (χ1n) is 8.37. The average molecular weight is 357 g/mol. The Morgan fingerprint density at radius 1 is 1.07 bits per heavy atom. The molecule has 3 aromatic heterocycles. The summed E-state index contributed by atoms with van der Waals surface area (Å²) in [5.74, 6) is 1.13. The van der Waals surface area contributed by atoms with Gasteiger partial charge in [0.05, 0.1) is 13.3 Å². The molecule has 3 N–H and O–H groups in total. The van der Waals surface area contributed by atoms with Crippen molar-refractivity contribution in [2.75, 3.05) is 12.5 Å². The van der Waals surface area contributed by atoms with Gasteiger partial charge in [0.2, 0.25) is 0 Å². The van der Waals surface area contributed by atoms with Crippen LogP contribution in [0.15, 0.2) is 53.8 Å². The second kappa shape index (κ2) is 6.10. The first-order valence-corrected chi connectivity index (χ1v) is 8.37. The van der Waals surface area contributed by atoms with Crippen LogP contribution >= 0.6 is 0 Å². The molecule has 0 unspecified atom stereocenters. The number of nitrogens with zero attached hydrogens (tertiary/aromatic N) is 4. The van der Waals surface area contributed by atoms with Gasteiger partial charge >= 0.3 is 0 Å². The highest BCUT2D eigenvalue weighted by molar-refractivity contribution is 6.03. The summed E-state index contributed by atoms with van der Waals surface area (Å²) in [5, 5.41) is 14.6. The Kier molecular flexibility index (Phi) is 3.46. The number of fused-ring (bicyclic) bond motifs is 4. The number of nitrogens with one attached hydrogen (secondary N) is 3. The van der Waals surface area contributed by atoms with Gasteiger partial charge < -0.3 is 14.7 Å². The molecule has 0 saturated carbocycles. The summed E-state index contributed by atoms with van der Waals surface area (Å²) in [6.07, 6.45) is 3.60. The van der Waals surface area contributed by atoms with Gasteiger partial charge in [-0.15, -0.1) is 10.2 Å². The number of H-pyrrole nitrogens is 2. The topological polar surface area (TPSA) is 104 Å². The van der Waals surface area contributed by atoms with Gasteiger partial charge in [-0.05, 0) is 18.2 Å². The molecule has 132 valence electrons. The average Bonchev–Trinajstić information content (AvgIpc) is 3.28. The molecule has 8 nitrogen and oxygen atoms in total. The summed E-state index contributed by atoms with van der Waals surface area (Å²) >= 11 is 0. The Bertz CT molecular complexity index is 1300. The van der Waals surface area contributed by atoms with Crippen LogP contribution in [-0.4, -0.2) is 38.5 Å². The predicted octanol–water partition coefficient (Wildman–Crippen LogP) is 3.44. The lowest BCUT2D eigenvalue weighted by atomic mass is 10.2. The molecule has 0 radical (unpaired) electrons. The third kappa shape index (κ3) is 2.63. The molecule has 5 rings (SSSR count). The number of anilines is 1. The Balaban J connectivity index is 1.41. The first kappa shape index (κ1) is 15.3. The molecule has 0 saturated heterocycles. The fraction of sp³-hybridized carbons (Fsp3) is 0.0526. The van der Waals surface area contributed by atoms with Crippen LogP contribution in [0.1, 0.15) is 5.56 Å². The third-order valence-corrected chi connectivity index (χ3v) is 4.41. The van der Waals surface area contributed by atoms with E-state index < -0.39 is 0 Å². The summed E-state index contributed by atoms with van der Waals surface area (Å²) in [6, 6.07) is 13.7. The van der Waals surface area contributed by atoms with Crippen molar-refractivity contribution in [2.24, 2.45) is 5.10 Å². The summed E-state index contributed by atoms with van der Waals surface area (Å²) in [7, 11) is 1.65. The zero-order valence-electron chi connectivity index (χ0n) is 14.4. The number of rotatable bonds is 4. The standard InChI is InChI=1S/C19H15N7O/c1-27-12-6-7-13-11(9-20-16(13)8-12)10-21-25-19-23-18-17(24-26-19)14-4-2-3-5-15(14)22-18/h2-10,20H,1H3,(H2,22,23,25,26)/b21-10-. The maximum Gasteiger partial charge on any atom is 0.265 e. The Morgan fingerprint density at radius 2 is 2.00 bits per heavy atom. The van der Waals surface area contributed by atoms with Gasteiger partial charge in [0.1, 0.15) is 11.3 Å². The molecule has 0 amide bonds. The smallest absolute Gasteiger partial charge is 0.265 e. The van der Waals surface area contributed by atoms with Crippen molar-refractivity contribution in [1.29, 1.82) is 0 Å². The Morgan fingerprint density at radius 3 is 2.93 bits per heavy atom. The molecule has 3 heterocycles. The second-order valence-corrected chi connectivity index (χ2v) is 6.03. The van der Waals surface area contributed by atoms with Crippen molar-refractivity contribution < 1.29 is 4.74 Å². The fourth-order valence-electron chi connectivity index (χ4n) is 3.09. The minimum atomic E-state index is 0.326. The van der Waals surface area contributed by atoms with E-state index in [2.05, 4.69) is 35.7 Å². The van der Waals surface area contributed by atoms with E-state index in [0.29, 0.717) is 11.6 Å². The molecular formula is C19H15N7O. The molecule has 0 atom stereocenters. The van der Waals surface area contributed by atoms with Crippen LogP contribution in [0.25, 0.3) is 33.0 Å². The number of hydrazone groups is 1. The van der Waals surface area contributed by atoms with E-state index in [1.54, 1.807) is 13.3 Å². The Hall–Kier alpha value is -3.94. The lowest BCUT2D eigenvalue weighted by Crippen LogP contribution is -1.98. The summed E-state index contributed by atoms with van der Waals surface area (Å²) in [5.41, 5.74) is 7.14. The fourth-order valence-corrected chi connectivity index (χ4v) is 3.09. The summed E-state index contributed by atoms with van der Waals surface area (Å²) in [4.78, 5) is 10.9. The molecule has 0 aliphatic rings. The molecule has 2 aromatic carbocycles. The molecule has 5 aromatic rings. The SMILES string of the molecule is COc1ccc2c(/C=N\Nc3nnc4c(n3)[nH]c3ccccc34)c[nH]c2c1. The molecule has 0 aliphatic heterocycles. The van der Waals surface area contributed by atoms with Gasteiger partial charge in [0.15, 0.2) is 5.65 Å². The van der Waals surface area contributed by atoms with Crippen molar-refractivity contribution in [2.45, 2.75) is 0 Å². The van der Waals surface area contributed by atoms with Gasteiger partial charge in [-0.1, -0.05) is 18.2 Å². The molecule has 27 heavy (non-hydrogen) atoms. The largest absolute Gasteiger partial charge is 0.497 e. The first-order chi connectivity index (χ1) is 13.3. The number of aromatic nitrogens is 5. The van der Waals surface area contributed by atoms with Crippen LogP contribution in [0.3, 0.4) is 0 Å². The van der Waals surface area contributed by atoms with Gasteiger partial charge in [-0.25, -0.2) is 5.43 Å². The van der Waals surface area contributed by atoms with Gasteiger partial charge in [-0.2, -0.15) is 10.1 Å². The number of ether oxygens (including phenoxy) is 1. The highest BCUT2D eigenvalue weighted by Gasteiger charge is 2.08. The lowest BCUT2D eigenvalue weighted by Gasteiger charge is -1.99. The number of para-hydroxylation sites is 1. The van der Waals surface area contributed by atoms with Crippen LogP contribution in [0.2, 0.25) is 0 Å². The molecule has 0 bridgehead atoms. The number of aromatic amines is 2. The van der Waals surface area contributed by atoms with E-state index in [-0.39, 0.29) is 0 Å². The molecule has 0 spiro atoms. The maximum absolute atomic E-state index is 5.24. The van der Waals surface area contributed by atoms with Gasteiger partial charge in [-0.3, -0.25) is 0 Å². The monoisotopic (exact) mass is 357 g/mol. The van der Waals surface area contributed by atoms with E-state index in [4.69, 9.17) is 4.74 Å². The number of hydrogen-bond donors (Lipinski definition) is 3. The Labute approximate surface area is 153 Å². The zero-order chi connectivity index (χ0) is 18.2. The molecule has 0 fully saturated rings. The van der Waals surface area contributed by atoms with E-state index >= 15 is 0 Å². The molecular weight excluding hydrogens is 342 g/mol. The van der Waals surface area contributed by atoms with Crippen molar-refractivity contribution in [1.82, 2.24) is 25.1 Å². The van der Waals surface area contributed by atoms with Crippen LogP contribution in [0.5, 0.6) is 5.75 Å². The molecule has 8 heteroatoms. The number of benzene rings is 2. The van der Waals surface area contributed by atoms with Gasteiger partial charge in [0, 0.05) is 39.6 Å². The van der Waals surface area contributed by atoms with Crippen molar-refractivity contribution in [3.63, 3.8) is 0 Å². The second-order valence-electron chi connectivity index (χ2n) is 6.03. The van der Waals surface area contributed by atoms with Crippen LogP contribution in [0, 0.1) is 0 Å². The number of hydrogen-bond acceptors (Lipinski definition) is 6. The zero-order valence-corrected chi connectivity index (χ0v) is 14.4. The van der Waals surface area contributed by atoms with Crippen molar-refractivity contribution in [3.8, 4) is 5.75 Å². The maximum atomic E-state index is 5.24. The molecule has 0 aliphatic carbocycles. The van der Waals surface area contributed by atoms with E-state index in [1.165, 1.54) is 0 Å². The van der Waals surface area contributed by atoms with Crippen molar-refractivity contribution in [3.05, 3.63) is 54.2 Å². The summed E-state index contributed by atoms with van der Waals surface area (Å²) in [6.45, 7) is 0. The van der Waals surface area contributed by atoms with E-state index in [0.717, 1.165) is 38.6 Å². The normalized spacial score (nSPS) is 11.7. The highest BCUT2D eigenvalue weighted by Crippen LogP contribution is 2.23. The van der Waals surface area contributed by atoms with E-state index in [1.807, 2.05) is 48.7 Å². The summed E-state index contributed by atoms with van der Waals surface area (Å²) < 4.78 is 5.24. The van der Waals surface area contributed by atoms with Crippen molar-refractivity contribution >= 4 is 45.1 Å². The quantitative estimate of drug-likeness (QED) is 0.338. The minimum absolute atomic E-state index is 0.326. The minimum Gasteiger partial charge on any atom is -0.497 e. The van der Waals surface area contributed by atoms with Crippen LogP contribution in [-0.2, 0) is 0 Å². The van der Waals surface area contributed by atoms with Crippen LogP contribution in [0.4, 0.5) is 5.95 Å². The number of methoxy groups -OCH3 is 1.